The van der Waals surface area contributed by atoms with Gasteiger partial charge in [0.05, 0.1) is 10.3 Å². The maximum absolute atomic E-state index is 12.0. The van der Waals surface area contributed by atoms with Gasteiger partial charge in [-0.3, -0.25) is 0 Å². The summed E-state index contributed by atoms with van der Waals surface area (Å²) in [6.07, 6.45) is 3.11. The van der Waals surface area contributed by atoms with Gasteiger partial charge in [0, 0.05) is 26.7 Å². The van der Waals surface area contributed by atoms with Crippen molar-refractivity contribution < 1.29 is 12.9 Å². The normalized spacial score (nSPS) is 13.4. The Balaban J connectivity index is 2.08. The Morgan fingerprint density at radius 3 is 2.65 bits per heavy atom. The third kappa shape index (κ3) is 4.30. The molecule has 0 bridgehead atoms. The number of rotatable bonds is 7. The molecule has 2 heterocycles. The molecule has 2 rings (SSSR count). The summed E-state index contributed by atoms with van der Waals surface area (Å²) in [6.45, 7) is 4.00. The largest absolute Gasteiger partial charge is 0.338 e. The van der Waals surface area contributed by atoms with Crippen molar-refractivity contribution in [2.75, 3.05) is 14.1 Å². The first-order valence-corrected chi connectivity index (χ1v) is 9.54. The van der Waals surface area contributed by atoms with Crippen molar-refractivity contribution in [2.24, 2.45) is 0 Å². The summed E-state index contributed by atoms with van der Waals surface area (Å²) in [5, 5.41) is 4.57. The Bertz CT molecular complexity index is 742. The van der Waals surface area contributed by atoms with Crippen molar-refractivity contribution in [1.29, 1.82) is 0 Å². The van der Waals surface area contributed by atoms with E-state index in [1.807, 2.05) is 6.92 Å². The summed E-state index contributed by atoms with van der Waals surface area (Å²) in [7, 11) is -0.477. The lowest BCUT2D eigenvalue weighted by atomic mass is 10.3. The van der Waals surface area contributed by atoms with Gasteiger partial charge in [-0.15, -0.1) is 0 Å². The second kappa shape index (κ2) is 7.41. The summed E-state index contributed by atoms with van der Waals surface area (Å²) in [6, 6.07) is 3.23. The average molecular weight is 356 g/mol. The third-order valence-corrected chi connectivity index (χ3v) is 5.93. The molecular weight excluding hydrogens is 336 g/mol. The van der Waals surface area contributed by atoms with Gasteiger partial charge in [0.2, 0.25) is 15.9 Å². The first-order valence-electron chi connectivity index (χ1n) is 7.22. The number of thioether (sulfide) groups is 1. The van der Waals surface area contributed by atoms with Gasteiger partial charge in [-0.25, -0.2) is 17.7 Å². The molecule has 0 aliphatic rings. The van der Waals surface area contributed by atoms with Crippen LogP contribution in [0, 0.1) is 0 Å². The molecule has 1 atom stereocenters. The fourth-order valence-corrected chi connectivity index (χ4v) is 3.46. The van der Waals surface area contributed by atoms with E-state index in [1.54, 1.807) is 12.1 Å². The molecule has 0 aliphatic heterocycles. The van der Waals surface area contributed by atoms with Crippen molar-refractivity contribution in [2.45, 2.75) is 41.9 Å². The first kappa shape index (κ1) is 17.9. The molecule has 0 spiro atoms. The molecule has 0 saturated carbocycles. The van der Waals surface area contributed by atoms with E-state index < -0.39 is 10.0 Å². The van der Waals surface area contributed by atoms with E-state index in [4.69, 9.17) is 4.52 Å². The van der Waals surface area contributed by atoms with Crippen molar-refractivity contribution >= 4 is 21.8 Å². The maximum Gasteiger partial charge on any atom is 0.244 e. The van der Waals surface area contributed by atoms with E-state index in [0.29, 0.717) is 16.7 Å². The Morgan fingerprint density at radius 2 is 2.09 bits per heavy atom. The Kier molecular flexibility index (Phi) is 5.77. The highest BCUT2D eigenvalue weighted by Crippen LogP contribution is 2.33. The fourth-order valence-electron chi connectivity index (χ4n) is 1.79. The van der Waals surface area contributed by atoms with Crippen LogP contribution in [0.1, 0.15) is 37.2 Å². The van der Waals surface area contributed by atoms with E-state index in [-0.39, 0.29) is 10.1 Å². The fraction of sp³-hybridized carbons (Fsp3) is 0.500. The molecule has 0 aromatic carbocycles. The SMILES string of the molecule is CCCc1noc([C@H](C)Sc2ccc(S(=O)(=O)N(C)C)cn2)n1. The Labute approximate surface area is 140 Å². The van der Waals surface area contributed by atoms with Gasteiger partial charge in [-0.2, -0.15) is 4.98 Å². The number of hydrogen-bond acceptors (Lipinski definition) is 7. The van der Waals surface area contributed by atoms with Gasteiger partial charge in [-0.1, -0.05) is 23.8 Å². The smallest absolute Gasteiger partial charge is 0.244 e. The lowest BCUT2D eigenvalue weighted by Crippen LogP contribution is -2.22. The zero-order chi connectivity index (χ0) is 17.0. The summed E-state index contributed by atoms with van der Waals surface area (Å²) >= 11 is 1.44. The molecule has 9 heteroatoms. The van der Waals surface area contributed by atoms with Crippen LogP contribution in [0.25, 0.3) is 0 Å². The van der Waals surface area contributed by atoms with Gasteiger partial charge in [0.25, 0.3) is 0 Å². The summed E-state index contributed by atoms with van der Waals surface area (Å²) in [5.41, 5.74) is 0. The monoisotopic (exact) mass is 356 g/mol. The second-order valence-corrected chi connectivity index (χ2v) is 8.69. The topological polar surface area (TPSA) is 89.2 Å². The van der Waals surface area contributed by atoms with Gasteiger partial charge in [0.15, 0.2) is 5.82 Å². The van der Waals surface area contributed by atoms with E-state index in [9.17, 15) is 8.42 Å². The van der Waals surface area contributed by atoms with E-state index in [2.05, 4.69) is 22.0 Å². The summed E-state index contributed by atoms with van der Waals surface area (Å²) < 4.78 is 30.4. The second-order valence-electron chi connectivity index (χ2n) is 5.18. The minimum Gasteiger partial charge on any atom is -0.338 e. The Morgan fingerprint density at radius 1 is 1.35 bits per heavy atom. The number of aromatic nitrogens is 3. The molecule has 23 heavy (non-hydrogen) atoms. The van der Waals surface area contributed by atoms with Crippen LogP contribution in [0.5, 0.6) is 0 Å². The van der Waals surface area contributed by atoms with Crippen LogP contribution in [0.4, 0.5) is 0 Å². The van der Waals surface area contributed by atoms with E-state index in [0.717, 1.165) is 17.1 Å². The zero-order valence-electron chi connectivity index (χ0n) is 13.6. The van der Waals surface area contributed by atoms with Gasteiger partial charge in [-0.05, 0) is 25.5 Å². The quantitative estimate of drug-likeness (QED) is 0.704. The molecular formula is C14H20N4O3S2. The predicted octanol–water partition coefficient (Wildman–Crippen LogP) is 2.52. The van der Waals surface area contributed by atoms with E-state index in [1.165, 1.54) is 32.1 Å². The van der Waals surface area contributed by atoms with Crippen molar-refractivity contribution in [3.8, 4) is 0 Å². The summed E-state index contributed by atoms with van der Waals surface area (Å²) in [5.74, 6) is 1.25. The first-order chi connectivity index (χ1) is 10.8. The molecule has 0 unspecified atom stereocenters. The highest BCUT2D eigenvalue weighted by Gasteiger charge is 2.19. The molecule has 0 saturated heterocycles. The predicted molar refractivity (Wildman–Crippen MR) is 87.7 cm³/mol. The molecule has 0 amide bonds. The lowest BCUT2D eigenvalue weighted by molar-refractivity contribution is 0.374. The molecule has 126 valence electrons. The standard InChI is InChI=1S/C14H20N4O3S2/c1-5-6-12-16-14(21-17-12)10(2)22-13-8-7-11(9-15-13)23(19,20)18(3)4/h7-10H,5-6H2,1-4H3/t10-/m0/s1. The van der Waals surface area contributed by atoms with Crippen molar-refractivity contribution in [3.63, 3.8) is 0 Å². The minimum atomic E-state index is -3.46. The zero-order valence-corrected chi connectivity index (χ0v) is 15.2. The molecule has 2 aromatic rings. The molecule has 0 aliphatic carbocycles. The van der Waals surface area contributed by atoms with Crippen LogP contribution < -0.4 is 0 Å². The number of hydrogen-bond donors (Lipinski definition) is 0. The molecule has 7 nitrogen and oxygen atoms in total. The van der Waals surface area contributed by atoms with Crippen LogP contribution in [0.15, 0.2) is 32.8 Å². The number of nitrogens with zero attached hydrogens (tertiary/aromatic N) is 4. The molecule has 0 fully saturated rings. The van der Waals surface area contributed by atoms with Gasteiger partial charge in [0.1, 0.15) is 4.90 Å². The number of sulfonamides is 1. The third-order valence-electron chi connectivity index (χ3n) is 3.09. The highest BCUT2D eigenvalue weighted by atomic mass is 32.2. The lowest BCUT2D eigenvalue weighted by Gasteiger charge is -2.11. The summed E-state index contributed by atoms with van der Waals surface area (Å²) in [4.78, 5) is 8.72. The van der Waals surface area contributed by atoms with Crippen LogP contribution >= 0.6 is 11.8 Å². The number of aryl methyl sites for hydroxylation is 1. The van der Waals surface area contributed by atoms with Crippen LogP contribution in [0.3, 0.4) is 0 Å². The Hall–Kier alpha value is -1.45. The van der Waals surface area contributed by atoms with Crippen LogP contribution in [-0.2, 0) is 16.4 Å². The van der Waals surface area contributed by atoms with Crippen LogP contribution in [0.2, 0.25) is 0 Å². The van der Waals surface area contributed by atoms with Crippen molar-refractivity contribution in [3.05, 3.63) is 30.0 Å². The molecule has 2 aromatic heterocycles. The van der Waals surface area contributed by atoms with Gasteiger partial charge < -0.3 is 4.52 Å². The highest BCUT2D eigenvalue weighted by molar-refractivity contribution is 7.99. The minimum absolute atomic E-state index is 0.0584. The van der Waals surface area contributed by atoms with Crippen LogP contribution in [-0.4, -0.2) is 41.9 Å². The van der Waals surface area contributed by atoms with E-state index >= 15 is 0 Å². The molecule has 0 N–H and O–H groups in total. The molecule has 0 radical (unpaired) electrons. The average Bonchev–Trinajstić information content (AvgIpc) is 2.97. The van der Waals surface area contributed by atoms with Crippen molar-refractivity contribution in [1.82, 2.24) is 19.4 Å². The maximum atomic E-state index is 12.0. The number of pyridine rings is 1. The van der Waals surface area contributed by atoms with Gasteiger partial charge >= 0.3 is 0 Å².